The number of hydrogen-bond donors (Lipinski definition) is 0. The van der Waals surface area contributed by atoms with Crippen LogP contribution >= 0.6 is 0 Å². The first kappa shape index (κ1) is 20.4. The minimum absolute atomic E-state index is 0.0102. The zero-order chi connectivity index (χ0) is 20.8. The highest BCUT2D eigenvalue weighted by Crippen LogP contribution is 2.31. The molecule has 158 valence electrons. The van der Waals surface area contributed by atoms with Gasteiger partial charge in [-0.1, -0.05) is 48.5 Å². The Hall–Kier alpha value is -2.86. The minimum atomic E-state index is -0.377. The number of likely N-dealkylation sites (tertiary alicyclic amines) is 1. The monoisotopic (exact) mass is 408 g/mol. The summed E-state index contributed by atoms with van der Waals surface area (Å²) in [5, 5.41) is 0. The van der Waals surface area contributed by atoms with E-state index in [1.54, 1.807) is 0 Å². The molecule has 2 amide bonds. The van der Waals surface area contributed by atoms with Crippen molar-refractivity contribution in [2.24, 2.45) is 0 Å². The highest BCUT2D eigenvalue weighted by molar-refractivity contribution is 5.79. The number of nitrogens with zero attached hydrogens (tertiary/aromatic N) is 2. The van der Waals surface area contributed by atoms with Crippen LogP contribution in [0.5, 0.6) is 5.75 Å². The van der Waals surface area contributed by atoms with E-state index < -0.39 is 0 Å². The van der Waals surface area contributed by atoms with E-state index in [0.717, 1.165) is 24.8 Å². The summed E-state index contributed by atoms with van der Waals surface area (Å²) >= 11 is 0. The number of morpholine rings is 1. The standard InChI is InChI=1S/C24H28N2O4/c27-22(17-29-21-10-5-2-6-11-21)25-14-7-12-24(13-15-25)19-26(23(28)18-30-24)16-20-8-3-1-4-9-20/h1-6,8-11H,7,12-19H2/t24-/m1/s1. The van der Waals surface area contributed by atoms with E-state index in [1.165, 1.54) is 0 Å². The van der Waals surface area contributed by atoms with Gasteiger partial charge in [0.25, 0.3) is 5.91 Å². The Morgan fingerprint density at radius 2 is 1.73 bits per heavy atom. The molecule has 6 heteroatoms. The Bertz CT molecular complexity index is 858. The minimum Gasteiger partial charge on any atom is -0.484 e. The summed E-state index contributed by atoms with van der Waals surface area (Å²) in [4.78, 5) is 28.8. The largest absolute Gasteiger partial charge is 0.484 e. The lowest BCUT2D eigenvalue weighted by atomic mass is 9.92. The van der Waals surface area contributed by atoms with Gasteiger partial charge in [-0.3, -0.25) is 9.59 Å². The smallest absolute Gasteiger partial charge is 0.260 e. The van der Waals surface area contributed by atoms with Gasteiger partial charge in [0, 0.05) is 19.6 Å². The highest BCUT2D eigenvalue weighted by atomic mass is 16.5. The zero-order valence-corrected chi connectivity index (χ0v) is 17.2. The maximum absolute atomic E-state index is 12.6. The molecule has 1 spiro atoms. The number of para-hydroxylation sites is 1. The van der Waals surface area contributed by atoms with Crippen LogP contribution in [0.15, 0.2) is 60.7 Å². The van der Waals surface area contributed by atoms with E-state index in [-0.39, 0.29) is 30.6 Å². The van der Waals surface area contributed by atoms with Gasteiger partial charge in [0.2, 0.25) is 5.91 Å². The lowest BCUT2D eigenvalue weighted by Gasteiger charge is -2.42. The first-order chi connectivity index (χ1) is 14.6. The van der Waals surface area contributed by atoms with Crippen LogP contribution in [-0.2, 0) is 20.9 Å². The first-order valence-electron chi connectivity index (χ1n) is 10.5. The van der Waals surface area contributed by atoms with Gasteiger partial charge in [0.1, 0.15) is 12.4 Å². The van der Waals surface area contributed by atoms with Crippen LogP contribution in [0.2, 0.25) is 0 Å². The SMILES string of the molecule is O=C(COc1ccccc1)N1CCC[C@@]2(CC1)CN(Cc1ccccc1)C(=O)CO2. The van der Waals surface area contributed by atoms with Gasteiger partial charge in [0.15, 0.2) is 6.61 Å². The molecule has 0 aliphatic carbocycles. The predicted molar refractivity (Wildman–Crippen MR) is 113 cm³/mol. The van der Waals surface area contributed by atoms with Crippen molar-refractivity contribution >= 4 is 11.8 Å². The van der Waals surface area contributed by atoms with Crippen LogP contribution in [0, 0.1) is 0 Å². The second-order valence-electron chi connectivity index (χ2n) is 8.04. The molecule has 4 rings (SSSR count). The summed E-state index contributed by atoms with van der Waals surface area (Å²) in [5.74, 6) is 0.713. The Morgan fingerprint density at radius 1 is 1.00 bits per heavy atom. The molecule has 2 aliphatic heterocycles. The van der Waals surface area contributed by atoms with Gasteiger partial charge in [-0.2, -0.15) is 0 Å². The molecule has 2 aliphatic rings. The Labute approximate surface area is 177 Å². The van der Waals surface area contributed by atoms with Gasteiger partial charge in [0.05, 0.1) is 12.1 Å². The van der Waals surface area contributed by atoms with Gasteiger partial charge in [-0.25, -0.2) is 0 Å². The Kier molecular flexibility index (Phi) is 6.33. The number of rotatable bonds is 5. The third-order valence-corrected chi connectivity index (χ3v) is 5.91. The van der Waals surface area contributed by atoms with Crippen LogP contribution in [0.1, 0.15) is 24.8 Å². The molecule has 1 atom stereocenters. The molecular formula is C24H28N2O4. The third kappa shape index (κ3) is 5.00. The molecule has 0 N–H and O–H groups in total. The molecule has 2 heterocycles. The maximum atomic E-state index is 12.6. The molecule has 2 aromatic carbocycles. The van der Waals surface area contributed by atoms with Crippen LogP contribution < -0.4 is 4.74 Å². The predicted octanol–water partition coefficient (Wildman–Crippen LogP) is 2.88. The van der Waals surface area contributed by atoms with E-state index >= 15 is 0 Å². The number of benzene rings is 2. The second-order valence-corrected chi connectivity index (χ2v) is 8.04. The number of carbonyl (C=O) groups is 2. The zero-order valence-electron chi connectivity index (χ0n) is 17.2. The summed E-state index contributed by atoms with van der Waals surface area (Å²) in [6.07, 6.45) is 2.42. The van der Waals surface area contributed by atoms with Gasteiger partial charge < -0.3 is 19.3 Å². The van der Waals surface area contributed by atoms with Gasteiger partial charge >= 0.3 is 0 Å². The van der Waals surface area contributed by atoms with Crippen molar-refractivity contribution in [1.29, 1.82) is 0 Å². The van der Waals surface area contributed by atoms with E-state index in [4.69, 9.17) is 9.47 Å². The topological polar surface area (TPSA) is 59.1 Å². The molecule has 6 nitrogen and oxygen atoms in total. The molecule has 0 aromatic heterocycles. The molecule has 0 unspecified atom stereocenters. The second kappa shape index (κ2) is 9.30. The summed E-state index contributed by atoms with van der Waals surface area (Å²) in [6, 6.07) is 19.4. The van der Waals surface area contributed by atoms with Crippen molar-refractivity contribution in [2.45, 2.75) is 31.4 Å². The highest BCUT2D eigenvalue weighted by Gasteiger charge is 2.41. The van der Waals surface area contributed by atoms with Crippen LogP contribution in [-0.4, -0.2) is 60.1 Å². The van der Waals surface area contributed by atoms with Crippen molar-refractivity contribution in [3.63, 3.8) is 0 Å². The molecule has 0 bridgehead atoms. The number of amides is 2. The van der Waals surface area contributed by atoms with E-state index in [1.807, 2.05) is 70.5 Å². The normalized spacial score (nSPS) is 22.1. The molecule has 2 aromatic rings. The molecule has 2 saturated heterocycles. The number of carbonyl (C=O) groups excluding carboxylic acids is 2. The molecule has 30 heavy (non-hydrogen) atoms. The summed E-state index contributed by atoms with van der Waals surface area (Å²) < 4.78 is 11.7. The van der Waals surface area contributed by atoms with Gasteiger partial charge in [-0.05, 0) is 37.0 Å². The van der Waals surface area contributed by atoms with E-state index in [2.05, 4.69) is 0 Å². The summed E-state index contributed by atoms with van der Waals surface area (Å²) in [6.45, 7) is 2.62. The maximum Gasteiger partial charge on any atom is 0.260 e. The van der Waals surface area contributed by atoms with Crippen molar-refractivity contribution in [3.05, 3.63) is 66.2 Å². The Morgan fingerprint density at radius 3 is 2.50 bits per heavy atom. The third-order valence-electron chi connectivity index (χ3n) is 5.91. The quantitative estimate of drug-likeness (QED) is 0.763. The molecular weight excluding hydrogens is 380 g/mol. The van der Waals surface area contributed by atoms with E-state index in [0.29, 0.717) is 31.9 Å². The van der Waals surface area contributed by atoms with Crippen LogP contribution in [0.4, 0.5) is 0 Å². The average molecular weight is 408 g/mol. The lowest BCUT2D eigenvalue weighted by Crippen LogP contribution is -2.54. The number of hydrogen-bond acceptors (Lipinski definition) is 4. The molecule has 2 fully saturated rings. The van der Waals surface area contributed by atoms with Crippen molar-refractivity contribution in [2.75, 3.05) is 32.8 Å². The molecule has 0 radical (unpaired) electrons. The molecule has 0 saturated carbocycles. The fourth-order valence-corrected chi connectivity index (χ4v) is 4.21. The van der Waals surface area contributed by atoms with Crippen LogP contribution in [0.25, 0.3) is 0 Å². The summed E-state index contributed by atoms with van der Waals surface area (Å²) in [7, 11) is 0. The summed E-state index contributed by atoms with van der Waals surface area (Å²) in [5.41, 5.74) is 0.740. The van der Waals surface area contributed by atoms with Crippen molar-refractivity contribution < 1.29 is 19.1 Å². The average Bonchev–Trinajstić information content (AvgIpc) is 2.99. The first-order valence-corrected chi connectivity index (χ1v) is 10.5. The lowest BCUT2D eigenvalue weighted by molar-refractivity contribution is -0.167. The fraction of sp³-hybridized carbons (Fsp3) is 0.417. The van der Waals surface area contributed by atoms with Crippen molar-refractivity contribution in [1.82, 2.24) is 9.80 Å². The van der Waals surface area contributed by atoms with Gasteiger partial charge in [-0.15, -0.1) is 0 Å². The van der Waals surface area contributed by atoms with Crippen LogP contribution in [0.3, 0.4) is 0 Å². The van der Waals surface area contributed by atoms with E-state index in [9.17, 15) is 9.59 Å². The fourth-order valence-electron chi connectivity index (χ4n) is 4.21. The number of ether oxygens (including phenoxy) is 2. The Balaban J connectivity index is 1.34. The van der Waals surface area contributed by atoms with Crippen molar-refractivity contribution in [3.8, 4) is 5.75 Å².